The number of likely N-dealkylation sites (tertiary alicyclic amines) is 1. The average Bonchev–Trinajstić information content (AvgIpc) is 2.98. The third-order valence-electron chi connectivity index (χ3n) is 2.99. The largest absolute Gasteiger partial charge is 0.357 e. The molecule has 0 atom stereocenters. The highest BCUT2D eigenvalue weighted by molar-refractivity contribution is 7.95. The third-order valence-corrected chi connectivity index (χ3v) is 3.78. The number of rotatable bonds is 1. The highest BCUT2D eigenvalue weighted by Gasteiger charge is 2.30. The molecule has 5 heteroatoms. The summed E-state index contributed by atoms with van der Waals surface area (Å²) >= 11 is 1.53. The quantitative estimate of drug-likeness (QED) is 0.697. The fourth-order valence-electron chi connectivity index (χ4n) is 2.19. The predicted octanol–water partition coefficient (Wildman–Crippen LogP) is 1.70. The van der Waals surface area contributed by atoms with Crippen LogP contribution in [0.25, 0.3) is 0 Å². The van der Waals surface area contributed by atoms with E-state index in [1.54, 1.807) is 0 Å². The summed E-state index contributed by atoms with van der Waals surface area (Å²) in [7, 11) is 0. The monoisotopic (exact) mass is 232 g/mol. The van der Waals surface area contributed by atoms with E-state index < -0.39 is 0 Å². The molecule has 3 aliphatic rings. The second kappa shape index (κ2) is 3.80. The van der Waals surface area contributed by atoms with Crippen molar-refractivity contribution in [2.24, 2.45) is 0 Å². The lowest BCUT2D eigenvalue weighted by Gasteiger charge is -2.31. The van der Waals surface area contributed by atoms with Crippen LogP contribution in [-0.2, 0) is 0 Å². The Hall–Kier alpha value is -1.54. The summed E-state index contributed by atoms with van der Waals surface area (Å²) in [6.07, 6.45) is 8.36. The normalized spacial score (nSPS) is 23.1. The summed E-state index contributed by atoms with van der Waals surface area (Å²) in [6.45, 7) is 2.23. The van der Waals surface area contributed by atoms with Crippen LogP contribution < -0.4 is 4.72 Å². The Balaban J connectivity index is 1.95. The van der Waals surface area contributed by atoms with E-state index in [2.05, 4.69) is 20.0 Å². The zero-order valence-electron chi connectivity index (χ0n) is 8.81. The first kappa shape index (κ1) is 9.67. The molecule has 3 heterocycles. The molecule has 0 spiro atoms. The standard InChI is InChI=1S/C11H12N4S/c12-7-9-3-4-11(14-5-1-2-6-14)15-10(9)8-13-16-15/h3-4,8,13H,1-2,5-6H2. The number of allylic oxidation sites excluding steroid dienone is 3. The number of nitriles is 1. The maximum absolute atomic E-state index is 9.02. The van der Waals surface area contributed by atoms with Gasteiger partial charge in [0.15, 0.2) is 0 Å². The fraction of sp³-hybridized carbons (Fsp3) is 0.364. The SMILES string of the molecule is N#CC1=CC=C(N2CCCC2)N2SNC=C12. The number of hydrogen-bond donors (Lipinski definition) is 1. The Morgan fingerprint density at radius 2 is 2.12 bits per heavy atom. The van der Waals surface area contributed by atoms with Crippen LogP contribution in [0.4, 0.5) is 0 Å². The molecule has 1 saturated heterocycles. The van der Waals surface area contributed by atoms with Crippen molar-refractivity contribution in [1.29, 1.82) is 5.26 Å². The average molecular weight is 232 g/mol. The smallest absolute Gasteiger partial charge is 0.120 e. The van der Waals surface area contributed by atoms with E-state index in [9.17, 15) is 0 Å². The molecule has 0 aromatic rings. The van der Waals surface area contributed by atoms with Crippen LogP contribution >= 0.6 is 12.1 Å². The molecule has 0 bridgehead atoms. The second-order valence-corrected chi connectivity index (χ2v) is 4.73. The van der Waals surface area contributed by atoms with Gasteiger partial charge in [0.25, 0.3) is 0 Å². The molecule has 1 N–H and O–H groups in total. The number of fused-ring (bicyclic) bond motifs is 1. The van der Waals surface area contributed by atoms with Crippen molar-refractivity contribution in [1.82, 2.24) is 13.9 Å². The molecule has 0 radical (unpaired) electrons. The molecule has 0 amide bonds. The van der Waals surface area contributed by atoms with Crippen LogP contribution in [-0.4, -0.2) is 22.3 Å². The Bertz CT molecular complexity index is 437. The molecule has 1 fully saturated rings. The molecule has 82 valence electrons. The Morgan fingerprint density at radius 3 is 2.88 bits per heavy atom. The van der Waals surface area contributed by atoms with Crippen molar-refractivity contribution in [2.75, 3.05) is 13.1 Å². The van der Waals surface area contributed by atoms with Crippen molar-refractivity contribution in [2.45, 2.75) is 12.8 Å². The minimum atomic E-state index is 0.723. The van der Waals surface area contributed by atoms with Crippen LogP contribution in [0.2, 0.25) is 0 Å². The minimum Gasteiger partial charge on any atom is -0.357 e. The first-order valence-corrected chi connectivity index (χ1v) is 6.18. The van der Waals surface area contributed by atoms with Gasteiger partial charge in [0, 0.05) is 19.3 Å². The van der Waals surface area contributed by atoms with Gasteiger partial charge in [-0.15, -0.1) is 0 Å². The van der Waals surface area contributed by atoms with Gasteiger partial charge in [-0.05, 0) is 25.0 Å². The van der Waals surface area contributed by atoms with E-state index in [1.165, 1.54) is 30.8 Å². The molecule has 16 heavy (non-hydrogen) atoms. The summed E-state index contributed by atoms with van der Waals surface area (Å²) < 4.78 is 5.20. The highest BCUT2D eigenvalue weighted by Crippen LogP contribution is 2.36. The first-order chi connectivity index (χ1) is 7.90. The van der Waals surface area contributed by atoms with Crippen molar-refractivity contribution in [3.63, 3.8) is 0 Å². The molecule has 0 aromatic carbocycles. The van der Waals surface area contributed by atoms with Gasteiger partial charge in [-0.2, -0.15) is 5.26 Å². The van der Waals surface area contributed by atoms with E-state index in [0.29, 0.717) is 0 Å². The predicted molar refractivity (Wildman–Crippen MR) is 63.2 cm³/mol. The van der Waals surface area contributed by atoms with Gasteiger partial charge in [0.05, 0.1) is 23.4 Å². The molecule has 0 saturated carbocycles. The van der Waals surface area contributed by atoms with Gasteiger partial charge >= 0.3 is 0 Å². The Morgan fingerprint density at radius 1 is 1.31 bits per heavy atom. The van der Waals surface area contributed by atoms with Crippen molar-refractivity contribution in [3.8, 4) is 6.07 Å². The third kappa shape index (κ3) is 1.38. The summed E-state index contributed by atoms with van der Waals surface area (Å²) in [6, 6.07) is 2.22. The van der Waals surface area contributed by atoms with E-state index in [-0.39, 0.29) is 0 Å². The van der Waals surface area contributed by atoms with Crippen LogP contribution in [0.1, 0.15) is 12.8 Å². The Kier molecular flexibility index (Phi) is 2.29. The van der Waals surface area contributed by atoms with Gasteiger partial charge in [-0.25, -0.2) is 4.31 Å². The maximum Gasteiger partial charge on any atom is 0.120 e. The minimum absolute atomic E-state index is 0.723. The van der Waals surface area contributed by atoms with Crippen molar-refractivity contribution >= 4 is 12.1 Å². The lowest BCUT2D eigenvalue weighted by molar-refractivity contribution is 0.358. The maximum atomic E-state index is 9.02. The Labute approximate surface area is 99.2 Å². The van der Waals surface area contributed by atoms with Crippen LogP contribution in [0.5, 0.6) is 0 Å². The first-order valence-electron chi connectivity index (χ1n) is 5.40. The molecule has 3 aliphatic heterocycles. The molecule has 0 aromatic heterocycles. The molecule has 0 aliphatic carbocycles. The molecule has 0 unspecified atom stereocenters. The van der Waals surface area contributed by atoms with Crippen molar-refractivity contribution in [3.05, 3.63) is 35.4 Å². The van der Waals surface area contributed by atoms with Gasteiger partial charge in [-0.3, -0.25) is 0 Å². The topological polar surface area (TPSA) is 42.3 Å². The van der Waals surface area contributed by atoms with Gasteiger partial charge < -0.3 is 9.62 Å². The van der Waals surface area contributed by atoms with E-state index in [1.807, 2.05) is 18.4 Å². The van der Waals surface area contributed by atoms with E-state index >= 15 is 0 Å². The molecular weight excluding hydrogens is 220 g/mol. The number of hydrogen-bond acceptors (Lipinski definition) is 5. The highest BCUT2D eigenvalue weighted by atomic mass is 32.2. The van der Waals surface area contributed by atoms with E-state index in [4.69, 9.17) is 5.26 Å². The molecule has 3 rings (SSSR count). The second-order valence-electron chi connectivity index (χ2n) is 3.94. The summed E-state index contributed by atoms with van der Waals surface area (Å²) in [5, 5.41) is 9.02. The van der Waals surface area contributed by atoms with Crippen LogP contribution in [0, 0.1) is 11.3 Å². The van der Waals surface area contributed by atoms with Crippen molar-refractivity contribution < 1.29 is 0 Å². The number of nitrogens with one attached hydrogen (secondary N) is 1. The summed E-state index contributed by atoms with van der Waals surface area (Å²) in [5.74, 6) is 1.19. The molecular formula is C11H12N4S. The zero-order valence-corrected chi connectivity index (χ0v) is 9.63. The fourth-order valence-corrected chi connectivity index (χ4v) is 2.97. The lowest BCUT2D eigenvalue weighted by atomic mass is 10.1. The van der Waals surface area contributed by atoms with Gasteiger partial charge in [-0.1, -0.05) is 0 Å². The van der Waals surface area contributed by atoms with E-state index in [0.717, 1.165) is 24.4 Å². The number of nitrogens with zero attached hydrogens (tertiary/aromatic N) is 3. The molecule has 4 nitrogen and oxygen atoms in total. The van der Waals surface area contributed by atoms with Crippen LogP contribution in [0.3, 0.4) is 0 Å². The lowest BCUT2D eigenvalue weighted by Crippen LogP contribution is -2.30. The summed E-state index contributed by atoms with van der Waals surface area (Å²) in [5.41, 5.74) is 1.69. The zero-order chi connectivity index (χ0) is 11.0. The van der Waals surface area contributed by atoms with Gasteiger partial charge in [0.2, 0.25) is 0 Å². The summed E-state index contributed by atoms with van der Waals surface area (Å²) in [4.78, 5) is 2.37. The van der Waals surface area contributed by atoms with Crippen LogP contribution in [0.15, 0.2) is 35.4 Å². The van der Waals surface area contributed by atoms with Gasteiger partial charge in [0.1, 0.15) is 11.9 Å².